The van der Waals surface area contributed by atoms with Crippen molar-refractivity contribution in [1.29, 1.82) is 0 Å². The number of piperidine rings is 1. The highest BCUT2D eigenvalue weighted by Crippen LogP contribution is 2.19. The third-order valence-electron chi connectivity index (χ3n) is 5.15. The van der Waals surface area contributed by atoms with Crippen LogP contribution in [0, 0.1) is 19.8 Å². The average molecular weight is 414 g/mol. The maximum absolute atomic E-state index is 12.7. The van der Waals surface area contributed by atoms with Crippen molar-refractivity contribution >= 4 is 11.8 Å². The third-order valence-corrected chi connectivity index (χ3v) is 5.15. The summed E-state index contributed by atoms with van der Waals surface area (Å²) in [5.74, 6) is 1.33. The first kappa shape index (κ1) is 25.6. The minimum absolute atomic E-state index is 0.154. The van der Waals surface area contributed by atoms with Gasteiger partial charge in [0.05, 0.1) is 0 Å². The standard InChI is InChI=1S/C23H33N3O2.C2H6/c1-5-7-22(25-6-2)28-15-12-24-17-20-10-13-26(14-11-20)23(27)21-9-8-18(3)19(4)16-21;1-2/h5-9,16,20,24H,2,10-15,17H2,1,3-4H3;1-2H3/b7-5-,25-22?;. The molecule has 2 rings (SSSR count). The van der Waals surface area contributed by atoms with Crippen LogP contribution in [0.4, 0.5) is 0 Å². The van der Waals surface area contributed by atoms with Gasteiger partial charge >= 0.3 is 0 Å². The normalized spacial score (nSPS) is 15.0. The first-order valence-corrected chi connectivity index (χ1v) is 11.1. The number of aryl methyl sites for hydroxylation is 2. The van der Waals surface area contributed by atoms with Crippen LogP contribution in [0.25, 0.3) is 0 Å². The van der Waals surface area contributed by atoms with Gasteiger partial charge in [0.1, 0.15) is 6.61 Å². The highest BCUT2D eigenvalue weighted by atomic mass is 16.5. The van der Waals surface area contributed by atoms with Gasteiger partial charge in [-0.3, -0.25) is 4.79 Å². The lowest BCUT2D eigenvalue weighted by Gasteiger charge is -2.32. The summed E-state index contributed by atoms with van der Waals surface area (Å²) in [5.41, 5.74) is 3.19. The molecule has 1 aliphatic heterocycles. The zero-order valence-corrected chi connectivity index (χ0v) is 19.4. The lowest BCUT2D eigenvalue weighted by Crippen LogP contribution is -2.41. The lowest BCUT2D eigenvalue weighted by molar-refractivity contribution is 0.0689. The molecule has 0 unspecified atom stereocenters. The van der Waals surface area contributed by atoms with E-state index in [1.807, 2.05) is 56.0 Å². The summed E-state index contributed by atoms with van der Waals surface area (Å²) in [4.78, 5) is 18.8. The molecule has 0 aliphatic carbocycles. The van der Waals surface area contributed by atoms with Crippen LogP contribution in [0.3, 0.4) is 0 Å². The number of aliphatic imine (C=N–C) groups is 1. The van der Waals surface area contributed by atoms with Gasteiger partial charge in [0.25, 0.3) is 5.91 Å². The first-order valence-electron chi connectivity index (χ1n) is 11.1. The Labute approximate surface area is 182 Å². The van der Waals surface area contributed by atoms with Crippen LogP contribution in [0.15, 0.2) is 48.1 Å². The van der Waals surface area contributed by atoms with E-state index < -0.39 is 0 Å². The highest BCUT2D eigenvalue weighted by molar-refractivity contribution is 5.94. The second-order valence-corrected chi connectivity index (χ2v) is 7.24. The Morgan fingerprint density at radius 2 is 1.97 bits per heavy atom. The Balaban J connectivity index is 0.00000218. The fourth-order valence-electron chi connectivity index (χ4n) is 3.29. The number of hydrogen-bond acceptors (Lipinski definition) is 4. The van der Waals surface area contributed by atoms with E-state index in [0.717, 1.165) is 44.6 Å². The Bertz CT molecular complexity index is 717. The lowest BCUT2D eigenvalue weighted by atomic mass is 9.96. The first-order chi connectivity index (χ1) is 14.5. The summed E-state index contributed by atoms with van der Waals surface area (Å²) in [6, 6.07) is 5.97. The second-order valence-electron chi connectivity index (χ2n) is 7.24. The smallest absolute Gasteiger partial charge is 0.253 e. The van der Waals surface area contributed by atoms with E-state index >= 15 is 0 Å². The molecular formula is C25H39N3O2. The Hall–Kier alpha value is -2.40. The molecule has 5 heteroatoms. The zero-order chi connectivity index (χ0) is 22.4. The minimum Gasteiger partial charge on any atom is -0.476 e. The maximum Gasteiger partial charge on any atom is 0.253 e. The molecule has 1 heterocycles. The van der Waals surface area contributed by atoms with Crippen molar-refractivity contribution in [3.63, 3.8) is 0 Å². The minimum atomic E-state index is 0.154. The van der Waals surface area contributed by atoms with Gasteiger partial charge in [-0.2, -0.15) is 0 Å². The second kappa shape index (κ2) is 14.6. The van der Waals surface area contributed by atoms with Gasteiger partial charge in [0.15, 0.2) is 0 Å². The van der Waals surface area contributed by atoms with Crippen molar-refractivity contribution in [2.45, 2.75) is 47.5 Å². The summed E-state index contributed by atoms with van der Waals surface area (Å²) in [7, 11) is 0. The number of nitrogens with one attached hydrogen (secondary N) is 1. The van der Waals surface area contributed by atoms with Gasteiger partial charge in [-0.05, 0) is 75.4 Å². The monoisotopic (exact) mass is 413 g/mol. The van der Waals surface area contributed by atoms with Gasteiger partial charge in [-0.25, -0.2) is 4.99 Å². The molecule has 0 bridgehead atoms. The summed E-state index contributed by atoms with van der Waals surface area (Å²) in [6.07, 6.45) is 7.26. The Morgan fingerprint density at radius 1 is 1.27 bits per heavy atom. The number of amides is 1. The van der Waals surface area contributed by atoms with Crippen LogP contribution >= 0.6 is 0 Å². The third kappa shape index (κ3) is 8.54. The number of carbonyl (C=O) groups excluding carboxylic acids is 1. The van der Waals surface area contributed by atoms with E-state index in [-0.39, 0.29) is 5.91 Å². The Morgan fingerprint density at radius 3 is 2.57 bits per heavy atom. The number of likely N-dealkylation sites (tertiary alicyclic amines) is 1. The largest absolute Gasteiger partial charge is 0.476 e. The molecule has 1 aromatic carbocycles. The molecule has 1 aromatic rings. The highest BCUT2D eigenvalue weighted by Gasteiger charge is 2.23. The van der Waals surface area contributed by atoms with Crippen molar-refractivity contribution in [2.24, 2.45) is 10.9 Å². The fraction of sp³-hybridized carbons (Fsp3) is 0.520. The van der Waals surface area contributed by atoms with E-state index in [1.165, 1.54) is 17.3 Å². The number of carbonyl (C=O) groups is 1. The molecule has 1 amide bonds. The number of benzene rings is 1. The van der Waals surface area contributed by atoms with Gasteiger partial charge in [-0.15, -0.1) is 0 Å². The molecule has 0 spiro atoms. The van der Waals surface area contributed by atoms with Crippen molar-refractivity contribution in [2.75, 3.05) is 32.8 Å². The van der Waals surface area contributed by atoms with Gasteiger partial charge in [0.2, 0.25) is 5.90 Å². The zero-order valence-electron chi connectivity index (χ0n) is 19.4. The molecule has 166 valence electrons. The molecule has 1 aliphatic rings. The van der Waals surface area contributed by atoms with Crippen LogP contribution in [0.2, 0.25) is 0 Å². The predicted molar refractivity (Wildman–Crippen MR) is 127 cm³/mol. The summed E-state index contributed by atoms with van der Waals surface area (Å²) < 4.78 is 5.60. The average Bonchev–Trinajstić information content (AvgIpc) is 2.77. The number of nitrogens with zero attached hydrogens (tertiary/aromatic N) is 2. The SMILES string of the molecule is C=CN=C(/C=C\C)OCCNCC1CCN(C(=O)c2ccc(C)c(C)c2)CC1.CC. The fourth-order valence-corrected chi connectivity index (χ4v) is 3.29. The molecule has 1 N–H and O–H groups in total. The molecule has 0 aromatic heterocycles. The number of allylic oxidation sites excluding steroid dienone is 1. The van der Waals surface area contributed by atoms with E-state index in [1.54, 1.807) is 0 Å². The quantitative estimate of drug-likeness (QED) is 0.374. The number of ether oxygens (including phenoxy) is 1. The summed E-state index contributed by atoms with van der Waals surface area (Å²) in [5, 5.41) is 3.45. The predicted octanol–water partition coefficient (Wildman–Crippen LogP) is 4.91. The summed E-state index contributed by atoms with van der Waals surface area (Å²) in [6.45, 7) is 17.6. The Kier molecular flexibility index (Phi) is 12.4. The maximum atomic E-state index is 12.7. The molecule has 0 radical (unpaired) electrons. The molecular weight excluding hydrogens is 374 g/mol. The van der Waals surface area contributed by atoms with E-state index in [9.17, 15) is 4.79 Å². The molecule has 1 fully saturated rings. The number of hydrogen-bond donors (Lipinski definition) is 1. The molecule has 1 saturated heterocycles. The van der Waals surface area contributed by atoms with E-state index in [0.29, 0.717) is 18.4 Å². The van der Waals surface area contributed by atoms with Crippen molar-refractivity contribution in [3.05, 3.63) is 59.8 Å². The molecule has 30 heavy (non-hydrogen) atoms. The molecule has 0 atom stereocenters. The molecule has 0 saturated carbocycles. The van der Waals surface area contributed by atoms with Crippen molar-refractivity contribution < 1.29 is 9.53 Å². The van der Waals surface area contributed by atoms with E-state index in [2.05, 4.69) is 30.7 Å². The van der Waals surface area contributed by atoms with Gasteiger partial charge in [0, 0.05) is 31.4 Å². The van der Waals surface area contributed by atoms with E-state index in [4.69, 9.17) is 4.74 Å². The topological polar surface area (TPSA) is 53.9 Å². The number of rotatable bonds is 8. The molecule has 5 nitrogen and oxygen atoms in total. The summed E-state index contributed by atoms with van der Waals surface area (Å²) >= 11 is 0. The van der Waals surface area contributed by atoms with Crippen LogP contribution in [0.1, 0.15) is 55.1 Å². The van der Waals surface area contributed by atoms with Crippen LogP contribution in [-0.4, -0.2) is 49.5 Å². The van der Waals surface area contributed by atoms with Crippen LogP contribution in [-0.2, 0) is 4.74 Å². The van der Waals surface area contributed by atoms with Crippen molar-refractivity contribution in [1.82, 2.24) is 10.2 Å². The van der Waals surface area contributed by atoms with Gasteiger partial charge < -0.3 is 15.0 Å². The van der Waals surface area contributed by atoms with Crippen LogP contribution < -0.4 is 5.32 Å². The van der Waals surface area contributed by atoms with Crippen molar-refractivity contribution in [3.8, 4) is 0 Å². The van der Waals surface area contributed by atoms with Gasteiger partial charge in [-0.1, -0.05) is 32.6 Å². The van der Waals surface area contributed by atoms with Crippen LogP contribution in [0.5, 0.6) is 0 Å².